The van der Waals surface area contributed by atoms with Crippen molar-refractivity contribution in [1.29, 1.82) is 0 Å². The van der Waals surface area contributed by atoms with E-state index in [2.05, 4.69) is 20.4 Å². The first-order valence-corrected chi connectivity index (χ1v) is 11.6. The zero-order valence-corrected chi connectivity index (χ0v) is 19.6. The van der Waals surface area contributed by atoms with E-state index < -0.39 is 23.6 Å². The fraction of sp³-hybridized carbons (Fsp3) is 0.360. The number of benzene rings is 1. The minimum Gasteiger partial charge on any atom is -0.395 e. The topological polar surface area (TPSA) is 97.9 Å². The first-order valence-electron chi connectivity index (χ1n) is 11.6. The molecule has 1 unspecified atom stereocenters. The molecule has 0 bridgehead atoms. The number of halogens is 3. The normalized spacial score (nSPS) is 17.1. The zero-order chi connectivity index (χ0) is 25.4. The molecule has 11 heteroatoms. The van der Waals surface area contributed by atoms with Crippen LogP contribution in [0, 0.1) is 5.82 Å². The molecule has 0 aliphatic heterocycles. The molecule has 1 aliphatic rings. The van der Waals surface area contributed by atoms with Crippen LogP contribution in [-0.4, -0.2) is 47.9 Å². The largest absolute Gasteiger partial charge is 0.395 e. The number of alkyl halides is 2. The van der Waals surface area contributed by atoms with E-state index in [1.807, 2.05) is 0 Å². The molecule has 36 heavy (non-hydrogen) atoms. The number of fused-ring (bicyclic) bond motifs is 1. The Morgan fingerprint density at radius 1 is 1.28 bits per heavy atom. The SMILES string of the molecule is Cn1cc(-c2cc(F)cc(CNC(=O)c3nccc4nc(C5CCC(F)(F)C5)n(CCO)c34)c2)cn1. The number of hydrogen-bond acceptors (Lipinski definition) is 5. The summed E-state index contributed by atoms with van der Waals surface area (Å²) in [5, 5.41) is 16.5. The molecule has 1 saturated carbocycles. The van der Waals surface area contributed by atoms with Crippen molar-refractivity contribution in [3.05, 3.63) is 65.8 Å². The predicted molar refractivity (Wildman–Crippen MR) is 126 cm³/mol. The molecule has 3 heterocycles. The van der Waals surface area contributed by atoms with Crippen LogP contribution in [-0.2, 0) is 20.1 Å². The van der Waals surface area contributed by atoms with Gasteiger partial charge >= 0.3 is 0 Å². The third-order valence-electron chi connectivity index (χ3n) is 6.44. The molecular formula is C25H25F3N6O2. The summed E-state index contributed by atoms with van der Waals surface area (Å²) in [5.41, 5.74) is 2.81. The minimum atomic E-state index is -2.76. The number of pyridine rings is 1. The molecule has 5 rings (SSSR count). The average Bonchev–Trinajstić information content (AvgIpc) is 3.54. The van der Waals surface area contributed by atoms with Crippen LogP contribution >= 0.6 is 0 Å². The minimum absolute atomic E-state index is 0.0394. The molecule has 1 aromatic carbocycles. The van der Waals surface area contributed by atoms with Crippen molar-refractivity contribution >= 4 is 16.9 Å². The van der Waals surface area contributed by atoms with Gasteiger partial charge in [-0.1, -0.05) is 0 Å². The number of nitrogens with one attached hydrogen (secondary N) is 1. The Bertz CT molecular complexity index is 1430. The van der Waals surface area contributed by atoms with Gasteiger partial charge in [-0.2, -0.15) is 5.10 Å². The van der Waals surface area contributed by atoms with Crippen molar-refractivity contribution < 1.29 is 23.1 Å². The van der Waals surface area contributed by atoms with Crippen molar-refractivity contribution in [2.45, 2.75) is 44.2 Å². The lowest BCUT2D eigenvalue weighted by atomic mass is 10.1. The summed E-state index contributed by atoms with van der Waals surface area (Å²) in [4.78, 5) is 21.9. The fourth-order valence-electron chi connectivity index (χ4n) is 4.83. The summed E-state index contributed by atoms with van der Waals surface area (Å²) in [5.74, 6) is -3.78. The van der Waals surface area contributed by atoms with E-state index in [0.717, 1.165) is 5.56 Å². The Morgan fingerprint density at radius 2 is 2.11 bits per heavy atom. The third-order valence-corrected chi connectivity index (χ3v) is 6.44. The Labute approximate surface area is 204 Å². The van der Waals surface area contributed by atoms with Crippen LogP contribution in [0.5, 0.6) is 0 Å². The highest BCUT2D eigenvalue weighted by Gasteiger charge is 2.42. The molecule has 0 saturated heterocycles. The van der Waals surface area contributed by atoms with Crippen molar-refractivity contribution in [2.75, 3.05) is 6.61 Å². The highest BCUT2D eigenvalue weighted by molar-refractivity contribution is 6.03. The smallest absolute Gasteiger partial charge is 0.272 e. The molecule has 0 spiro atoms. The van der Waals surface area contributed by atoms with Gasteiger partial charge in [0.1, 0.15) is 17.2 Å². The maximum absolute atomic E-state index is 14.3. The van der Waals surface area contributed by atoms with E-state index in [1.54, 1.807) is 40.8 Å². The van der Waals surface area contributed by atoms with E-state index in [1.165, 1.54) is 18.3 Å². The number of aromatic nitrogens is 5. The van der Waals surface area contributed by atoms with Gasteiger partial charge in [0.25, 0.3) is 5.91 Å². The van der Waals surface area contributed by atoms with E-state index in [4.69, 9.17) is 0 Å². The summed E-state index contributed by atoms with van der Waals surface area (Å²) in [6, 6.07) is 6.11. The molecule has 8 nitrogen and oxygen atoms in total. The molecule has 2 N–H and O–H groups in total. The van der Waals surface area contributed by atoms with Crippen LogP contribution in [0.25, 0.3) is 22.2 Å². The highest BCUT2D eigenvalue weighted by Crippen LogP contribution is 2.44. The monoisotopic (exact) mass is 498 g/mol. The number of amides is 1. The van der Waals surface area contributed by atoms with Gasteiger partial charge in [-0.3, -0.25) is 9.48 Å². The lowest BCUT2D eigenvalue weighted by Crippen LogP contribution is -2.25. The first-order chi connectivity index (χ1) is 17.2. The van der Waals surface area contributed by atoms with Gasteiger partial charge in [0, 0.05) is 56.9 Å². The lowest BCUT2D eigenvalue weighted by molar-refractivity contribution is 0.00745. The second-order valence-electron chi connectivity index (χ2n) is 9.10. The molecule has 1 fully saturated rings. The number of hydrogen-bond donors (Lipinski definition) is 2. The number of carbonyl (C=O) groups excluding carboxylic acids is 1. The second kappa shape index (κ2) is 9.38. The third kappa shape index (κ3) is 4.70. The van der Waals surface area contributed by atoms with Gasteiger partial charge in [-0.05, 0) is 41.8 Å². The van der Waals surface area contributed by atoms with Crippen molar-refractivity contribution in [3.63, 3.8) is 0 Å². The first kappa shape index (κ1) is 24.0. The summed E-state index contributed by atoms with van der Waals surface area (Å²) in [7, 11) is 1.77. The molecule has 1 aliphatic carbocycles. The summed E-state index contributed by atoms with van der Waals surface area (Å²) in [6.45, 7) is -0.117. The van der Waals surface area contributed by atoms with Crippen LogP contribution in [0.1, 0.15) is 47.1 Å². The number of aryl methyl sites for hydroxylation is 1. The summed E-state index contributed by atoms with van der Waals surface area (Å²) < 4.78 is 45.3. The van der Waals surface area contributed by atoms with E-state index in [9.17, 15) is 23.1 Å². The molecule has 4 aromatic rings. The van der Waals surface area contributed by atoms with Gasteiger partial charge in [0.05, 0.1) is 18.3 Å². The van der Waals surface area contributed by atoms with Gasteiger partial charge < -0.3 is 15.0 Å². The predicted octanol–water partition coefficient (Wildman–Crippen LogP) is 3.80. The number of carbonyl (C=O) groups is 1. The number of aliphatic hydroxyl groups is 1. The Balaban J connectivity index is 1.43. The zero-order valence-electron chi connectivity index (χ0n) is 19.6. The Hall–Kier alpha value is -3.73. The molecule has 188 valence electrons. The number of rotatable bonds is 7. The molecule has 0 radical (unpaired) electrons. The number of imidazole rings is 1. The van der Waals surface area contributed by atoms with Gasteiger partial charge in [-0.25, -0.2) is 23.1 Å². The maximum Gasteiger partial charge on any atom is 0.272 e. The second-order valence-corrected chi connectivity index (χ2v) is 9.10. The van der Waals surface area contributed by atoms with Gasteiger partial charge in [0.2, 0.25) is 5.92 Å². The molecule has 1 amide bonds. The highest BCUT2D eigenvalue weighted by atomic mass is 19.3. The van der Waals surface area contributed by atoms with Gasteiger partial charge in [-0.15, -0.1) is 0 Å². The van der Waals surface area contributed by atoms with E-state index >= 15 is 0 Å². The number of aliphatic hydroxyl groups excluding tert-OH is 1. The summed E-state index contributed by atoms with van der Waals surface area (Å²) in [6.07, 6.45) is 4.55. The Kier molecular flexibility index (Phi) is 6.25. The Morgan fingerprint density at radius 3 is 2.81 bits per heavy atom. The van der Waals surface area contributed by atoms with Crippen molar-refractivity contribution in [1.82, 2.24) is 29.6 Å². The van der Waals surface area contributed by atoms with Gasteiger partial charge in [0.15, 0.2) is 5.69 Å². The van der Waals surface area contributed by atoms with Crippen LogP contribution in [0.2, 0.25) is 0 Å². The fourth-order valence-corrected chi connectivity index (χ4v) is 4.83. The maximum atomic E-state index is 14.3. The molecule has 1 atom stereocenters. The van der Waals surface area contributed by atoms with Crippen LogP contribution < -0.4 is 5.32 Å². The van der Waals surface area contributed by atoms with Crippen LogP contribution in [0.4, 0.5) is 13.2 Å². The molecular weight excluding hydrogens is 473 g/mol. The number of nitrogens with zero attached hydrogens (tertiary/aromatic N) is 5. The quantitative estimate of drug-likeness (QED) is 0.404. The van der Waals surface area contributed by atoms with Crippen LogP contribution in [0.15, 0.2) is 42.9 Å². The van der Waals surface area contributed by atoms with Crippen molar-refractivity contribution in [3.8, 4) is 11.1 Å². The standard InChI is InChI=1S/C25H25F3N6O2/c1-33-14-18(13-31-33)17-8-15(9-19(26)10-17)12-30-24(36)21-22-20(3-5-29-21)32-23(34(22)6-7-35)16-2-4-25(27,28)11-16/h3,5,8-10,13-14,16,35H,2,4,6-7,11-12H2,1H3,(H,30,36). The van der Waals surface area contributed by atoms with Crippen LogP contribution in [0.3, 0.4) is 0 Å². The summed E-state index contributed by atoms with van der Waals surface area (Å²) >= 11 is 0. The molecule has 3 aromatic heterocycles. The van der Waals surface area contributed by atoms with E-state index in [0.29, 0.717) is 28.0 Å². The van der Waals surface area contributed by atoms with E-state index in [-0.39, 0.29) is 44.7 Å². The lowest BCUT2D eigenvalue weighted by Gasteiger charge is -2.14. The average molecular weight is 499 g/mol. The van der Waals surface area contributed by atoms with Crippen molar-refractivity contribution in [2.24, 2.45) is 7.05 Å².